The highest BCUT2D eigenvalue weighted by Crippen LogP contribution is 2.18. The lowest BCUT2D eigenvalue weighted by Gasteiger charge is -2.35. The van der Waals surface area contributed by atoms with Gasteiger partial charge < -0.3 is 29.4 Å². The molecule has 2 N–H and O–H groups in total. The van der Waals surface area contributed by atoms with Crippen LogP contribution in [0.15, 0.2) is 0 Å². The molecule has 52 heavy (non-hydrogen) atoms. The Morgan fingerprint density at radius 3 is 1.00 bits per heavy atom. The maximum Gasteiger partial charge on any atom is 0.323 e. The fourth-order valence-electron chi connectivity index (χ4n) is 4.92. The highest BCUT2D eigenvalue weighted by molar-refractivity contribution is 5.77. The number of esters is 5. The Morgan fingerprint density at radius 1 is 0.462 bits per heavy atom. The summed E-state index contributed by atoms with van der Waals surface area (Å²) in [5.74, 6) is -2.52. The van der Waals surface area contributed by atoms with Crippen LogP contribution in [0.4, 0.5) is 0 Å². The molecule has 0 aromatic carbocycles. The first-order chi connectivity index (χ1) is 23.4. The summed E-state index contributed by atoms with van der Waals surface area (Å²) in [7, 11) is 0. The number of hydrogen-bond acceptors (Lipinski definition) is 14. The van der Waals surface area contributed by atoms with Crippen molar-refractivity contribution in [3.8, 4) is 0 Å². The van der Waals surface area contributed by atoms with Gasteiger partial charge in [0.05, 0.1) is 26.2 Å². The Labute approximate surface area is 313 Å². The molecule has 0 saturated carbocycles. The van der Waals surface area contributed by atoms with E-state index >= 15 is 0 Å². The number of nitrogens with zero attached hydrogens (tertiary/aromatic N) is 3. The van der Waals surface area contributed by atoms with Crippen molar-refractivity contribution in [2.75, 3.05) is 58.9 Å². The van der Waals surface area contributed by atoms with Gasteiger partial charge >= 0.3 is 29.8 Å². The van der Waals surface area contributed by atoms with E-state index in [0.29, 0.717) is 25.8 Å². The third-order valence-electron chi connectivity index (χ3n) is 6.55. The van der Waals surface area contributed by atoms with Gasteiger partial charge in [0.15, 0.2) is 0 Å². The smallest absolute Gasteiger partial charge is 0.323 e. The van der Waals surface area contributed by atoms with Gasteiger partial charge in [0.25, 0.3) is 0 Å². The molecule has 0 aromatic heterocycles. The zero-order chi connectivity index (χ0) is 40.7. The van der Waals surface area contributed by atoms with Crippen molar-refractivity contribution < 1.29 is 47.7 Å². The number of carbonyl (C=O) groups excluding carboxylic acids is 5. The predicted molar refractivity (Wildman–Crippen MR) is 200 cm³/mol. The van der Waals surface area contributed by atoms with E-state index < -0.39 is 63.9 Å². The summed E-state index contributed by atoms with van der Waals surface area (Å²) in [6.45, 7) is 26.9. The van der Waals surface area contributed by atoms with E-state index in [0.717, 1.165) is 0 Å². The Balaban J connectivity index is 6.70. The van der Waals surface area contributed by atoms with Gasteiger partial charge in [0, 0.05) is 26.2 Å². The molecule has 1 unspecified atom stereocenters. The quantitative estimate of drug-likeness (QED) is 0.108. The van der Waals surface area contributed by atoms with Crippen LogP contribution in [0.25, 0.3) is 0 Å². The van der Waals surface area contributed by atoms with Gasteiger partial charge in [-0.25, -0.2) is 0 Å². The molecule has 0 radical (unpaired) electrons. The Bertz CT molecular complexity index is 1010. The number of hydrogen-bond donors (Lipinski definition) is 1. The van der Waals surface area contributed by atoms with E-state index in [2.05, 4.69) is 0 Å². The second-order valence-corrected chi connectivity index (χ2v) is 18.1. The van der Waals surface area contributed by atoms with E-state index in [4.69, 9.17) is 29.4 Å². The van der Waals surface area contributed by atoms with Crippen molar-refractivity contribution in [2.24, 2.45) is 5.73 Å². The molecule has 0 amide bonds. The molecule has 0 saturated heterocycles. The number of unbranched alkanes of at least 4 members (excludes halogenated alkanes) is 1. The van der Waals surface area contributed by atoms with Crippen LogP contribution in [0, 0.1) is 0 Å². The third-order valence-corrected chi connectivity index (χ3v) is 6.55. The van der Waals surface area contributed by atoms with Gasteiger partial charge in [0.2, 0.25) is 0 Å². The lowest BCUT2D eigenvalue weighted by Crippen LogP contribution is -2.51. The summed E-state index contributed by atoms with van der Waals surface area (Å²) in [6.07, 6.45) is 1.73. The average molecular weight is 745 g/mol. The van der Waals surface area contributed by atoms with Gasteiger partial charge in [-0.1, -0.05) is 6.42 Å². The number of carbonyl (C=O) groups is 5. The minimum atomic E-state index is -0.770. The molecule has 0 rings (SSSR count). The van der Waals surface area contributed by atoms with Gasteiger partial charge in [-0.05, 0) is 123 Å². The van der Waals surface area contributed by atoms with Crippen LogP contribution in [0.1, 0.15) is 123 Å². The SMILES string of the molecule is CC(C)(C)OC(=O)CN(CCN(CCN(CC(=O)OC(C)(C)C)CC(=O)OC(C)(C)C)C(CCCCN)C(=O)OC(C)(C)C)CC(=O)OC(C)(C)C. The van der Waals surface area contributed by atoms with Crippen molar-refractivity contribution in [3.63, 3.8) is 0 Å². The molecular weight excluding hydrogens is 672 g/mol. The van der Waals surface area contributed by atoms with Gasteiger partial charge in [0.1, 0.15) is 34.0 Å². The first-order valence-corrected chi connectivity index (χ1v) is 18.4. The van der Waals surface area contributed by atoms with Crippen LogP contribution in [-0.4, -0.2) is 137 Å². The fraction of sp³-hybridized carbons (Fsp3) is 0.868. The maximum absolute atomic E-state index is 13.8. The molecule has 0 spiro atoms. The van der Waals surface area contributed by atoms with Gasteiger partial charge in [-0.2, -0.15) is 0 Å². The molecule has 0 aliphatic heterocycles. The highest BCUT2D eigenvalue weighted by atomic mass is 16.6. The van der Waals surface area contributed by atoms with Crippen LogP contribution in [0.2, 0.25) is 0 Å². The van der Waals surface area contributed by atoms with Crippen LogP contribution in [0.3, 0.4) is 0 Å². The average Bonchev–Trinajstić information content (AvgIpc) is 2.85. The van der Waals surface area contributed by atoms with E-state index in [1.807, 2.05) is 4.90 Å². The zero-order valence-electron chi connectivity index (χ0n) is 35.1. The van der Waals surface area contributed by atoms with Crippen molar-refractivity contribution >= 4 is 29.8 Å². The normalized spacial score (nSPS) is 13.6. The van der Waals surface area contributed by atoms with Gasteiger partial charge in [-0.15, -0.1) is 0 Å². The number of rotatable bonds is 20. The molecule has 0 fully saturated rings. The summed E-state index contributed by atoms with van der Waals surface area (Å²) in [5, 5.41) is 0. The molecular formula is C38H72N4O10. The summed E-state index contributed by atoms with van der Waals surface area (Å²) in [4.78, 5) is 70.8. The van der Waals surface area contributed by atoms with Crippen molar-refractivity contribution in [3.05, 3.63) is 0 Å². The van der Waals surface area contributed by atoms with E-state index in [9.17, 15) is 24.0 Å². The van der Waals surface area contributed by atoms with E-state index in [-0.39, 0.29) is 52.4 Å². The Hall–Kier alpha value is -2.81. The minimum Gasteiger partial charge on any atom is -0.459 e. The van der Waals surface area contributed by atoms with Crippen molar-refractivity contribution in [1.82, 2.24) is 14.7 Å². The second kappa shape index (κ2) is 21.2. The first kappa shape index (κ1) is 49.2. The van der Waals surface area contributed by atoms with Crippen LogP contribution in [0.5, 0.6) is 0 Å². The monoisotopic (exact) mass is 745 g/mol. The summed E-state index contributed by atoms with van der Waals surface area (Å²) in [5.41, 5.74) is 2.08. The summed E-state index contributed by atoms with van der Waals surface area (Å²) >= 11 is 0. The molecule has 1 atom stereocenters. The maximum atomic E-state index is 13.8. The molecule has 0 bridgehead atoms. The van der Waals surface area contributed by atoms with Crippen LogP contribution < -0.4 is 5.73 Å². The van der Waals surface area contributed by atoms with Gasteiger partial charge in [-0.3, -0.25) is 38.7 Å². The third kappa shape index (κ3) is 26.9. The Morgan fingerprint density at radius 2 is 0.750 bits per heavy atom. The molecule has 0 aliphatic rings. The van der Waals surface area contributed by atoms with Crippen LogP contribution >= 0.6 is 0 Å². The summed E-state index contributed by atoms with van der Waals surface area (Å²) in [6, 6.07) is -0.736. The highest BCUT2D eigenvalue weighted by Gasteiger charge is 2.33. The van der Waals surface area contributed by atoms with Crippen molar-refractivity contribution in [1.29, 1.82) is 0 Å². The molecule has 0 aromatic rings. The fourth-order valence-corrected chi connectivity index (χ4v) is 4.92. The van der Waals surface area contributed by atoms with E-state index in [1.54, 1.807) is 114 Å². The number of ether oxygens (including phenoxy) is 5. The predicted octanol–water partition coefficient (Wildman–Crippen LogP) is 4.10. The summed E-state index contributed by atoms with van der Waals surface area (Å²) < 4.78 is 28.1. The molecule has 14 heteroatoms. The molecule has 304 valence electrons. The molecule has 14 nitrogen and oxygen atoms in total. The van der Waals surface area contributed by atoms with E-state index in [1.165, 1.54) is 0 Å². The molecule has 0 aliphatic carbocycles. The number of nitrogens with two attached hydrogens (primary N) is 1. The second-order valence-electron chi connectivity index (χ2n) is 18.1. The zero-order valence-corrected chi connectivity index (χ0v) is 35.1. The lowest BCUT2D eigenvalue weighted by atomic mass is 10.1. The topological polar surface area (TPSA) is 167 Å². The minimum absolute atomic E-state index is 0.173. The standard InChI is InChI=1S/C38H72N4O10/c1-34(2,3)48-29(43)24-40(25-30(44)49-35(4,5)6)20-22-42(28(18-16-17-19-39)33(47)52-38(13,14)15)23-21-41(26-31(45)50-36(7,8)9)27-32(46)51-37(10,11)12/h28H,16-27,39H2,1-15H3. The largest absolute Gasteiger partial charge is 0.459 e. The lowest BCUT2D eigenvalue weighted by molar-refractivity contribution is -0.164. The van der Waals surface area contributed by atoms with Crippen LogP contribution in [-0.2, 0) is 47.7 Å². The Kier molecular flexibility index (Phi) is 20.0. The molecule has 0 heterocycles. The van der Waals surface area contributed by atoms with Crippen molar-refractivity contribution in [2.45, 2.75) is 157 Å². The first-order valence-electron chi connectivity index (χ1n) is 18.4.